The quantitative estimate of drug-likeness (QED) is 0.477. The lowest BCUT2D eigenvalue weighted by Crippen LogP contribution is -2.41. The van der Waals surface area contributed by atoms with Crippen molar-refractivity contribution in [2.24, 2.45) is 15.4 Å². The Balaban J connectivity index is 1.58. The van der Waals surface area contributed by atoms with E-state index < -0.39 is 0 Å². The number of rotatable bonds is 4. The van der Waals surface area contributed by atoms with Crippen LogP contribution in [0.5, 0.6) is 0 Å². The Morgan fingerprint density at radius 1 is 1.29 bits per heavy atom. The van der Waals surface area contributed by atoms with Crippen molar-refractivity contribution in [1.29, 1.82) is 0 Å². The molecule has 28 heavy (non-hydrogen) atoms. The summed E-state index contributed by atoms with van der Waals surface area (Å²) >= 11 is 0. The molecule has 0 aromatic carbocycles. The molecule has 0 atom stereocenters. The van der Waals surface area contributed by atoms with Crippen molar-refractivity contribution >= 4 is 18.6 Å². The minimum Gasteiger partial charge on any atom is -0.356 e. The summed E-state index contributed by atoms with van der Waals surface area (Å²) in [6, 6.07) is 3.88. The number of likely N-dealkylation sites (tertiary alicyclic amines) is 1. The molecule has 0 aliphatic carbocycles. The first kappa shape index (κ1) is 18.6. The van der Waals surface area contributed by atoms with Gasteiger partial charge in [0.15, 0.2) is 0 Å². The Bertz CT molecular complexity index is 839. The maximum Gasteiger partial charge on any atom is 0.248 e. The predicted molar refractivity (Wildman–Crippen MR) is 110 cm³/mol. The number of aliphatic imine (C=N–C) groups is 2. The summed E-state index contributed by atoms with van der Waals surface area (Å²) in [5.41, 5.74) is 3.11. The van der Waals surface area contributed by atoms with Crippen molar-refractivity contribution in [2.45, 2.75) is 25.8 Å². The number of nitrogens with one attached hydrogen (secondary N) is 1. The molecule has 1 aromatic rings. The second-order valence-corrected chi connectivity index (χ2v) is 7.69. The Labute approximate surface area is 165 Å². The van der Waals surface area contributed by atoms with Crippen molar-refractivity contribution in [3.05, 3.63) is 53.8 Å². The van der Waals surface area contributed by atoms with E-state index in [2.05, 4.69) is 26.9 Å². The highest BCUT2D eigenvalue weighted by Crippen LogP contribution is 2.38. The molecule has 2 fully saturated rings. The summed E-state index contributed by atoms with van der Waals surface area (Å²) < 4.78 is 1.03. The Kier molecular flexibility index (Phi) is 5.34. The third kappa shape index (κ3) is 3.89. The lowest BCUT2D eigenvalue weighted by Gasteiger charge is -2.40. The molecule has 0 saturated carbocycles. The summed E-state index contributed by atoms with van der Waals surface area (Å²) in [5.74, 6) is 0.842. The van der Waals surface area contributed by atoms with Crippen LogP contribution in [0.2, 0.25) is 0 Å². The summed E-state index contributed by atoms with van der Waals surface area (Å²) in [7, 11) is 0. The SMILES string of the molecule is C=N/C(=C1/C=C[N+](O)=C/C1=N/Cc1ccncc1)N1CCC2(CCNC2)CC1. The second kappa shape index (κ2) is 8.06. The summed E-state index contributed by atoms with van der Waals surface area (Å²) in [5, 5.41) is 13.4. The zero-order valence-electron chi connectivity index (χ0n) is 16.1. The standard InChI is InChI=1S/C21H27N6O/c1-22-20(26-12-6-21(7-13-26)5-10-24-16-21)18-4-11-27(28)15-19(18)25-14-17-2-8-23-9-3-17/h2-4,8-9,11,15,24,28H,1,5-7,10,12-14,16H2/q+1/b20-18+,25-19-. The van der Waals surface area contributed by atoms with E-state index in [9.17, 15) is 5.21 Å². The maximum absolute atomic E-state index is 9.91. The first-order valence-corrected chi connectivity index (χ1v) is 9.80. The van der Waals surface area contributed by atoms with Gasteiger partial charge in [-0.25, -0.2) is 4.99 Å². The smallest absolute Gasteiger partial charge is 0.248 e. The van der Waals surface area contributed by atoms with Gasteiger partial charge in [0.1, 0.15) is 11.5 Å². The summed E-state index contributed by atoms with van der Waals surface area (Å²) in [6.45, 7) is 8.52. The van der Waals surface area contributed by atoms with Gasteiger partial charge in [0.2, 0.25) is 12.4 Å². The third-order valence-corrected chi connectivity index (χ3v) is 5.95. The van der Waals surface area contributed by atoms with Crippen molar-refractivity contribution in [1.82, 2.24) is 15.2 Å². The van der Waals surface area contributed by atoms with E-state index in [1.165, 1.54) is 6.42 Å². The average molecular weight is 379 g/mol. The van der Waals surface area contributed by atoms with Gasteiger partial charge in [-0.3, -0.25) is 15.2 Å². The molecule has 0 amide bonds. The topological polar surface area (TPSA) is 76.1 Å². The zero-order chi connectivity index (χ0) is 19.4. The molecular formula is C21H27N6O+. The lowest BCUT2D eigenvalue weighted by molar-refractivity contribution is -0.721. The zero-order valence-corrected chi connectivity index (χ0v) is 16.1. The lowest BCUT2D eigenvalue weighted by atomic mass is 9.78. The Morgan fingerprint density at radius 2 is 2.07 bits per heavy atom. The number of piperidine rings is 1. The van der Waals surface area contributed by atoms with E-state index in [1.54, 1.807) is 24.8 Å². The highest BCUT2D eigenvalue weighted by molar-refractivity contribution is 6.38. The number of allylic oxidation sites excluding steroid dienone is 2. The van der Waals surface area contributed by atoms with E-state index >= 15 is 0 Å². The monoisotopic (exact) mass is 379 g/mol. The molecule has 7 heteroatoms. The van der Waals surface area contributed by atoms with Gasteiger partial charge in [0, 0.05) is 42.8 Å². The molecule has 0 bridgehead atoms. The fourth-order valence-corrected chi connectivity index (χ4v) is 4.22. The normalized spacial score (nSPS) is 24.5. The van der Waals surface area contributed by atoms with Crippen LogP contribution in [0.3, 0.4) is 0 Å². The minimum absolute atomic E-state index is 0.447. The van der Waals surface area contributed by atoms with Gasteiger partial charge in [-0.2, -0.15) is 0 Å². The Morgan fingerprint density at radius 3 is 2.75 bits per heavy atom. The molecule has 0 radical (unpaired) electrons. The molecule has 146 valence electrons. The second-order valence-electron chi connectivity index (χ2n) is 7.69. The molecule has 2 saturated heterocycles. The number of hydrogen-bond donors (Lipinski definition) is 2. The number of aromatic nitrogens is 1. The molecule has 7 nitrogen and oxygen atoms in total. The van der Waals surface area contributed by atoms with Crippen molar-refractivity contribution in [2.75, 3.05) is 26.2 Å². The van der Waals surface area contributed by atoms with Crippen molar-refractivity contribution < 1.29 is 9.95 Å². The van der Waals surface area contributed by atoms with Crippen molar-refractivity contribution in [3.63, 3.8) is 0 Å². The van der Waals surface area contributed by atoms with Crippen LogP contribution in [0, 0.1) is 5.41 Å². The number of hydrogen-bond acceptors (Lipinski definition) is 6. The molecule has 1 aromatic heterocycles. The van der Waals surface area contributed by atoms with E-state index in [4.69, 9.17) is 4.99 Å². The molecule has 4 heterocycles. The fourth-order valence-electron chi connectivity index (χ4n) is 4.22. The first-order valence-electron chi connectivity index (χ1n) is 9.80. The van der Waals surface area contributed by atoms with Gasteiger partial charge in [0.05, 0.1) is 12.1 Å². The van der Waals surface area contributed by atoms with Crippen LogP contribution in [0.25, 0.3) is 0 Å². The molecular weight excluding hydrogens is 352 g/mol. The van der Waals surface area contributed by atoms with Gasteiger partial charge in [0.25, 0.3) is 0 Å². The molecule has 0 unspecified atom stereocenters. The average Bonchev–Trinajstić information content (AvgIpc) is 3.18. The minimum atomic E-state index is 0.447. The first-order chi connectivity index (χ1) is 13.7. The van der Waals surface area contributed by atoms with Crippen LogP contribution in [0.4, 0.5) is 0 Å². The summed E-state index contributed by atoms with van der Waals surface area (Å²) in [6.07, 6.45) is 12.2. The Hall–Kier alpha value is -2.80. The molecule has 3 aliphatic heterocycles. The molecule has 3 aliphatic rings. The van der Waals surface area contributed by atoms with Crippen LogP contribution in [0.15, 0.2) is 58.2 Å². The molecule has 4 rings (SSSR count). The van der Waals surface area contributed by atoms with Gasteiger partial charge in [-0.1, -0.05) is 0 Å². The number of hydroxylamine groups is 1. The van der Waals surface area contributed by atoms with Gasteiger partial charge < -0.3 is 10.2 Å². The van der Waals surface area contributed by atoms with Crippen LogP contribution in [-0.2, 0) is 6.54 Å². The van der Waals surface area contributed by atoms with Gasteiger partial charge in [-0.15, -0.1) is 0 Å². The fraction of sp³-hybridized carbons (Fsp3) is 0.429. The highest BCUT2D eigenvalue weighted by atomic mass is 16.5. The molecule has 2 N–H and O–H groups in total. The number of pyridine rings is 1. The van der Waals surface area contributed by atoms with Crippen LogP contribution in [-0.4, -0.2) is 64.7 Å². The highest BCUT2D eigenvalue weighted by Gasteiger charge is 2.38. The molecule has 1 spiro atoms. The van der Waals surface area contributed by atoms with E-state index in [0.29, 0.717) is 17.7 Å². The number of nitrogens with zero attached hydrogens (tertiary/aromatic N) is 5. The van der Waals surface area contributed by atoms with E-state index in [1.807, 2.05) is 18.2 Å². The van der Waals surface area contributed by atoms with E-state index in [-0.39, 0.29) is 0 Å². The van der Waals surface area contributed by atoms with Gasteiger partial charge >= 0.3 is 0 Å². The van der Waals surface area contributed by atoms with E-state index in [0.717, 1.165) is 60.7 Å². The van der Waals surface area contributed by atoms with Crippen LogP contribution >= 0.6 is 0 Å². The third-order valence-electron chi connectivity index (χ3n) is 5.95. The van der Waals surface area contributed by atoms with Gasteiger partial charge in [-0.05, 0) is 55.6 Å². The summed E-state index contributed by atoms with van der Waals surface area (Å²) in [4.78, 5) is 15.4. The predicted octanol–water partition coefficient (Wildman–Crippen LogP) is 2.01. The maximum atomic E-state index is 9.91. The van der Waals surface area contributed by atoms with Crippen molar-refractivity contribution in [3.8, 4) is 0 Å². The largest absolute Gasteiger partial charge is 0.356 e. The van der Waals surface area contributed by atoms with Crippen LogP contribution < -0.4 is 5.32 Å². The van der Waals surface area contributed by atoms with Crippen LogP contribution in [0.1, 0.15) is 24.8 Å².